The molecule has 10 nitrogen and oxygen atoms in total. The molecule has 5 rings (SSSR count). The lowest BCUT2D eigenvalue weighted by molar-refractivity contribution is -0.274. The van der Waals surface area contributed by atoms with Gasteiger partial charge in [0, 0.05) is 35.8 Å². The standard InChI is InChI=1S/C31H27F4N5O5S/c32-28(21-5-11-25(12-6-21)44-31(33,34)35)30-38-29(39-45-30)22-7-13-26(14-8-22)46(42,43)40-24-9-3-20(4-10-24)15-17-37-19-27(41)23-2-1-16-36-18-23/h1-14,16,18,27-28,37,40-41H,15,17,19H2. The molecule has 0 spiro atoms. The van der Waals surface area contributed by atoms with E-state index in [9.17, 15) is 31.1 Å². The third-order valence-corrected chi connectivity index (χ3v) is 8.09. The molecule has 0 bridgehead atoms. The average Bonchev–Trinajstić information content (AvgIpc) is 3.54. The lowest BCUT2D eigenvalue weighted by Crippen LogP contribution is -2.23. The monoisotopic (exact) mass is 657 g/mol. The van der Waals surface area contributed by atoms with Crippen molar-refractivity contribution in [1.82, 2.24) is 20.4 Å². The van der Waals surface area contributed by atoms with E-state index in [1.54, 1.807) is 48.8 Å². The first-order valence-corrected chi connectivity index (χ1v) is 15.3. The smallest absolute Gasteiger partial charge is 0.406 e. The van der Waals surface area contributed by atoms with E-state index in [4.69, 9.17) is 4.52 Å². The lowest BCUT2D eigenvalue weighted by atomic mass is 10.1. The summed E-state index contributed by atoms with van der Waals surface area (Å²) in [6.45, 7) is 0.977. The summed E-state index contributed by atoms with van der Waals surface area (Å²) in [5.74, 6) is -0.947. The molecule has 0 saturated heterocycles. The fraction of sp³-hybridized carbons (Fsp3) is 0.194. The van der Waals surface area contributed by atoms with Gasteiger partial charge in [-0.25, -0.2) is 12.8 Å². The molecule has 0 saturated carbocycles. The number of benzene rings is 3. The number of aromatic nitrogens is 3. The number of aliphatic hydroxyl groups excluding tert-OH is 1. The molecule has 0 aliphatic rings. The van der Waals surface area contributed by atoms with Gasteiger partial charge in [-0.3, -0.25) is 9.71 Å². The van der Waals surface area contributed by atoms with Crippen molar-refractivity contribution in [2.24, 2.45) is 0 Å². The van der Waals surface area contributed by atoms with Crippen LogP contribution in [0.5, 0.6) is 5.75 Å². The maximum Gasteiger partial charge on any atom is 0.573 e. The minimum absolute atomic E-state index is 0.0109. The van der Waals surface area contributed by atoms with Crippen LogP contribution in [-0.2, 0) is 16.4 Å². The summed E-state index contributed by atoms with van der Waals surface area (Å²) in [6.07, 6.45) is -3.54. The van der Waals surface area contributed by atoms with Gasteiger partial charge in [-0.15, -0.1) is 13.2 Å². The molecule has 5 aromatic rings. The lowest BCUT2D eigenvalue weighted by Gasteiger charge is -2.12. The second kappa shape index (κ2) is 14.1. The summed E-state index contributed by atoms with van der Waals surface area (Å²) < 4.78 is 89.2. The van der Waals surface area contributed by atoms with Gasteiger partial charge in [0.25, 0.3) is 15.9 Å². The maximum atomic E-state index is 14.9. The fourth-order valence-corrected chi connectivity index (χ4v) is 5.39. The number of nitrogens with one attached hydrogen (secondary N) is 2. The largest absolute Gasteiger partial charge is 0.573 e. The van der Waals surface area contributed by atoms with E-state index in [0.717, 1.165) is 35.4 Å². The van der Waals surface area contributed by atoms with E-state index in [-0.39, 0.29) is 16.3 Å². The first-order chi connectivity index (χ1) is 22.0. The summed E-state index contributed by atoms with van der Waals surface area (Å²) in [4.78, 5) is 7.96. The number of nitrogens with zero attached hydrogens (tertiary/aromatic N) is 3. The first-order valence-electron chi connectivity index (χ1n) is 13.8. The van der Waals surface area contributed by atoms with Crippen LogP contribution in [0.25, 0.3) is 11.4 Å². The van der Waals surface area contributed by atoms with Gasteiger partial charge >= 0.3 is 6.36 Å². The van der Waals surface area contributed by atoms with Crippen LogP contribution < -0.4 is 14.8 Å². The molecular formula is C31H27F4N5O5S. The van der Waals surface area contributed by atoms with Gasteiger partial charge in [0.05, 0.1) is 11.0 Å². The molecular weight excluding hydrogens is 630 g/mol. The Morgan fingerprint density at radius 2 is 1.65 bits per heavy atom. The van der Waals surface area contributed by atoms with Crippen molar-refractivity contribution in [2.75, 3.05) is 17.8 Å². The Hall–Kier alpha value is -4.86. The molecule has 3 aromatic carbocycles. The van der Waals surface area contributed by atoms with E-state index >= 15 is 0 Å². The summed E-state index contributed by atoms with van der Waals surface area (Å²) in [7, 11) is -3.94. The summed E-state index contributed by atoms with van der Waals surface area (Å²) >= 11 is 0. The predicted molar refractivity (Wildman–Crippen MR) is 159 cm³/mol. The zero-order chi connectivity index (χ0) is 32.7. The van der Waals surface area contributed by atoms with Crippen LogP contribution in [-0.4, -0.2) is 48.1 Å². The summed E-state index contributed by atoms with van der Waals surface area (Å²) in [6, 6.07) is 20.1. The predicted octanol–water partition coefficient (Wildman–Crippen LogP) is 5.76. The van der Waals surface area contributed by atoms with Crippen LogP contribution in [0, 0.1) is 0 Å². The Labute approximate surface area is 261 Å². The highest BCUT2D eigenvalue weighted by molar-refractivity contribution is 7.92. The van der Waals surface area contributed by atoms with Crippen LogP contribution >= 0.6 is 0 Å². The Balaban J connectivity index is 1.14. The van der Waals surface area contributed by atoms with Crippen molar-refractivity contribution in [3.05, 3.63) is 120 Å². The Bertz CT molecular complexity index is 1820. The number of ether oxygens (including phenoxy) is 1. The van der Waals surface area contributed by atoms with Crippen molar-refractivity contribution in [2.45, 2.75) is 30.0 Å². The van der Waals surface area contributed by atoms with Crippen LogP contribution in [0.2, 0.25) is 0 Å². The van der Waals surface area contributed by atoms with Crippen molar-refractivity contribution in [3.8, 4) is 17.1 Å². The molecule has 0 aliphatic heterocycles. The topological polar surface area (TPSA) is 139 Å². The van der Waals surface area contributed by atoms with E-state index in [2.05, 4.69) is 29.9 Å². The average molecular weight is 658 g/mol. The highest BCUT2D eigenvalue weighted by atomic mass is 32.2. The van der Waals surface area contributed by atoms with Gasteiger partial charge in [-0.1, -0.05) is 35.5 Å². The quantitative estimate of drug-likeness (QED) is 0.107. The minimum atomic E-state index is -4.87. The summed E-state index contributed by atoms with van der Waals surface area (Å²) in [5, 5.41) is 17.1. The van der Waals surface area contributed by atoms with Crippen LogP contribution in [0.3, 0.4) is 0 Å². The molecule has 240 valence electrons. The van der Waals surface area contributed by atoms with Gasteiger partial charge in [0.2, 0.25) is 12.0 Å². The number of hydrogen-bond donors (Lipinski definition) is 3. The number of halogens is 4. The molecule has 2 atom stereocenters. The number of alkyl halides is 4. The number of rotatable bonds is 13. The second-order valence-electron chi connectivity index (χ2n) is 10.0. The maximum absolute atomic E-state index is 14.9. The van der Waals surface area contributed by atoms with Crippen molar-refractivity contribution in [3.63, 3.8) is 0 Å². The molecule has 0 aliphatic carbocycles. The van der Waals surface area contributed by atoms with Gasteiger partial charge in [-0.2, -0.15) is 4.98 Å². The number of sulfonamides is 1. The molecule has 0 amide bonds. The Kier molecular flexibility index (Phi) is 9.94. The summed E-state index contributed by atoms with van der Waals surface area (Å²) in [5.41, 5.74) is 2.38. The fourth-order valence-electron chi connectivity index (χ4n) is 4.34. The van der Waals surface area contributed by atoms with Crippen molar-refractivity contribution < 1.29 is 40.3 Å². The van der Waals surface area contributed by atoms with Gasteiger partial charge in [0.1, 0.15) is 5.75 Å². The highest BCUT2D eigenvalue weighted by Gasteiger charge is 2.31. The molecule has 0 radical (unpaired) electrons. The van der Waals surface area contributed by atoms with Gasteiger partial charge in [0.15, 0.2) is 0 Å². The highest BCUT2D eigenvalue weighted by Crippen LogP contribution is 2.30. The minimum Gasteiger partial charge on any atom is -0.406 e. The van der Waals surface area contributed by atoms with Crippen molar-refractivity contribution >= 4 is 15.7 Å². The molecule has 2 unspecified atom stereocenters. The first kappa shape index (κ1) is 32.5. The zero-order valence-corrected chi connectivity index (χ0v) is 24.7. The molecule has 2 heterocycles. The van der Waals surface area contributed by atoms with Gasteiger partial charge < -0.3 is 19.7 Å². The second-order valence-corrected chi connectivity index (χ2v) is 11.7. The third-order valence-electron chi connectivity index (χ3n) is 6.69. The van der Waals surface area contributed by atoms with Crippen LogP contribution in [0.15, 0.2) is 107 Å². The van der Waals surface area contributed by atoms with Gasteiger partial charge in [-0.05, 0) is 78.7 Å². The van der Waals surface area contributed by atoms with Crippen LogP contribution in [0.1, 0.15) is 34.9 Å². The van der Waals surface area contributed by atoms with E-state index in [1.165, 1.54) is 24.3 Å². The Morgan fingerprint density at radius 1 is 0.935 bits per heavy atom. The SMILES string of the molecule is O=S(=O)(Nc1ccc(CCNCC(O)c2cccnc2)cc1)c1ccc(-c2noc(C(F)c3ccc(OC(F)(F)F)cc3)n2)cc1. The van der Waals surface area contributed by atoms with E-state index in [1.807, 2.05) is 0 Å². The van der Waals surface area contributed by atoms with Crippen molar-refractivity contribution in [1.29, 1.82) is 0 Å². The molecule has 46 heavy (non-hydrogen) atoms. The van der Waals surface area contributed by atoms with E-state index < -0.39 is 40.3 Å². The molecule has 0 fully saturated rings. The Morgan fingerprint density at radius 3 is 2.30 bits per heavy atom. The third kappa shape index (κ3) is 8.65. The number of anilines is 1. The molecule has 2 aromatic heterocycles. The van der Waals surface area contributed by atoms with Crippen LogP contribution in [0.4, 0.5) is 23.2 Å². The van der Waals surface area contributed by atoms with E-state index in [0.29, 0.717) is 30.8 Å². The zero-order valence-electron chi connectivity index (χ0n) is 23.9. The molecule has 3 N–H and O–H groups in total. The normalized spacial score (nSPS) is 13.2. The number of aliphatic hydroxyl groups is 1. The number of pyridine rings is 1. The molecule has 15 heteroatoms. The number of hydrogen-bond acceptors (Lipinski definition) is 9.